The first kappa shape index (κ1) is 23.2. The Hall–Kier alpha value is -1.08. The summed E-state index contributed by atoms with van der Waals surface area (Å²) in [4.78, 5) is 22.9. The second kappa shape index (κ2) is 9.61. The Balaban J connectivity index is 1.87. The smallest absolute Gasteiger partial charge is 0.303 e. The van der Waals surface area contributed by atoms with Crippen LogP contribution in [-0.2, 0) is 14.3 Å². The maximum Gasteiger partial charge on any atom is 0.303 e. The van der Waals surface area contributed by atoms with Gasteiger partial charge in [-0.2, -0.15) is 0 Å². The molecule has 0 bridgehead atoms. The van der Waals surface area contributed by atoms with Gasteiger partial charge in [0.05, 0.1) is 6.10 Å². The molecule has 2 rings (SSSR count). The van der Waals surface area contributed by atoms with Crippen molar-refractivity contribution in [2.24, 2.45) is 17.8 Å². The summed E-state index contributed by atoms with van der Waals surface area (Å²) in [5.74, 6) is -7.11. The third-order valence-electron chi connectivity index (χ3n) is 6.50. The number of aliphatic carboxylic acids is 1. The maximum atomic E-state index is 14.7. The van der Waals surface area contributed by atoms with Gasteiger partial charge in [-0.3, -0.25) is 9.59 Å². The molecule has 1 heterocycles. The zero-order chi connectivity index (χ0) is 20.9. The quantitative estimate of drug-likeness (QED) is 0.493. The van der Waals surface area contributed by atoms with Gasteiger partial charge in [0, 0.05) is 31.6 Å². The molecule has 28 heavy (non-hydrogen) atoms. The van der Waals surface area contributed by atoms with Crippen molar-refractivity contribution < 1.29 is 33.3 Å². The number of rotatable bonds is 11. The van der Waals surface area contributed by atoms with Crippen molar-refractivity contribution in [2.45, 2.75) is 102 Å². The second-order valence-electron chi connectivity index (χ2n) is 8.69. The molecule has 0 aromatic rings. The lowest BCUT2D eigenvalue weighted by atomic mass is 9.81. The average molecular weight is 404 g/mol. The van der Waals surface area contributed by atoms with E-state index in [2.05, 4.69) is 0 Å². The molecule has 1 aliphatic heterocycles. The second-order valence-corrected chi connectivity index (χ2v) is 8.69. The van der Waals surface area contributed by atoms with Crippen molar-refractivity contribution in [3.63, 3.8) is 0 Å². The molecule has 7 heteroatoms. The minimum atomic E-state index is -3.33. The number of carboxylic acid groups (broad SMARTS) is 1. The number of unbranched alkanes of at least 4 members (excludes halogenated alkanes) is 3. The van der Waals surface area contributed by atoms with Crippen LogP contribution in [0.25, 0.3) is 0 Å². The third-order valence-corrected chi connectivity index (χ3v) is 6.50. The van der Waals surface area contributed by atoms with Crippen LogP contribution in [0.4, 0.5) is 8.78 Å². The zero-order valence-corrected chi connectivity index (χ0v) is 17.0. The summed E-state index contributed by atoms with van der Waals surface area (Å²) in [6.45, 7) is 3.57. The monoisotopic (exact) mass is 404 g/mol. The summed E-state index contributed by atoms with van der Waals surface area (Å²) in [6, 6.07) is 0. The van der Waals surface area contributed by atoms with E-state index in [4.69, 9.17) is 9.84 Å². The highest BCUT2D eigenvalue weighted by molar-refractivity contribution is 5.84. The van der Waals surface area contributed by atoms with E-state index in [-0.39, 0.29) is 42.8 Å². The molecule has 1 aliphatic carbocycles. The van der Waals surface area contributed by atoms with Crippen LogP contribution < -0.4 is 0 Å². The molecule has 1 saturated heterocycles. The van der Waals surface area contributed by atoms with E-state index in [1.807, 2.05) is 6.92 Å². The van der Waals surface area contributed by atoms with Crippen LogP contribution in [0.1, 0.15) is 84.5 Å². The van der Waals surface area contributed by atoms with Crippen molar-refractivity contribution in [3.8, 4) is 0 Å². The van der Waals surface area contributed by atoms with Gasteiger partial charge in [0.2, 0.25) is 5.79 Å². The number of aliphatic hydroxyl groups is 1. The number of hydrogen-bond donors (Lipinski definition) is 2. The van der Waals surface area contributed by atoms with Gasteiger partial charge in [0.1, 0.15) is 5.78 Å². The third kappa shape index (κ3) is 5.50. The number of Topliss-reactive ketones (excluding diaryl/α,β-unsaturated/α-hetero) is 1. The fourth-order valence-corrected chi connectivity index (χ4v) is 4.57. The molecule has 0 aromatic heterocycles. The highest BCUT2D eigenvalue weighted by Gasteiger charge is 2.60. The van der Waals surface area contributed by atoms with Gasteiger partial charge in [-0.25, -0.2) is 8.78 Å². The van der Waals surface area contributed by atoms with Crippen LogP contribution in [0.5, 0.6) is 0 Å². The van der Waals surface area contributed by atoms with Crippen molar-refractivity contribution in [2.75, 3.05) is 0 Å². The van der Waals surface area contributed by atoms with Crippen LogP contribution in [0.15, 0.2) is 0 Å². The molecule has 5 atom stereocenters. The van der Waals surface area contributed by atoms with E-state index >= 15 is 0 Å². The fraction of sp³-hybridized carbons (Fsp3) is 0.905. The first-order valence-electron chi connectivity index (χ1n) is 10.6. The van der Waals surface area contributed by atoms with Crippen molar-refractivity contribution in [1.82, 2.24) is 0 Å². The van der Waals surface area contributed by atoms with Gasteiger partial charge >= 0.3 is 11.9 Å². The van der Waals surface area contributed by atoms with Crippen molar-refractivity contribution in [1.29, 1.82) is 0 Å². The van der Waals surface area contributed by atoms with E-state index in [9.17, 15) is 23.5 Å². The molecule has 1 saturated carbocycles. The first-order chi connectivity index (χ1) is 13.1. The van der Waals surface area contributed by atoms with Crippen molar-refractivity contribution in [3.05, 3.63) is 0 Å². The molecule has 2 N–H and O–H groups in total. The Morgan fingerprint density at radius 3 is 2.64 bits per heavy atom. The Labute approximate surface area is 165 Å². The molecular weight excluding hydrogens is 370 g/mol. The van der Waals surface area contributed by atoms with Gasteiger partial charge in [-0.1, -0.05) is 39.5 Å². The zero-order valence-electron chi connectivity index (χ0n) is 17.0. The van der Waals surface area contributed by atoms with Gasteiger partial charge in [0.15, 0.2) is 0 Å². The number of alkyl halides is 2. The normalized spacial score (nSPS) is 31.6. The predicted molar refractivity (Wildman–Crippen MR) is 100 cm³/mol. The predicted octanol–water partition coefficient (Wildman–Crippen LogP) is 4.56. The van der Waals surface area contributed by atoms with Gasteiger partial charge in [0.25, 0.3) is 0 Å². The topological polar surface area (TPSA) is 83.8 Å². The Morgan fingerprint density at radius 1 is 1.32 bits per heavy atom. The first-order valence-corrected chi connectivity index (χ1v) is 10.6. The Kier molecular flexibility index (Phi) is 7.97. The van der Waals surface area contributed by atoms with E-state index < -0.39 is 30.2 Å². The van der Waals surface area contributed by atoms with Crippen molar-refractivity contribution >= 4 is 11.8 Å². The van der Waals surface area contributed by atoms with Crippen LogP contribution in [0.3, 0.4) is 0 Å². The van der Waals surface area contributed by atoms with E-state index in [0.29, 0.717) is 25.7 Å². The molecule has 5 nitrogen and oxygen atoms in total. The Bertz CT molecular complexity index is 553. The minimum Gasteiger partial charge on any atom is -0.481 e. The number of carbonyl (C=O) groups excluding carboxylic acids is 1. The minimum absolute atomic E-state index is 0.0371. The number of ether oxygens (including phenoxy) is 1. The van der Waals surface area contributed by atoms with Crippen LogP contribution in [0.2, 0.25) is 0 Å². The highest BCUT2D eigenvalue weighted by Crippen LogP contribution is 2.50. The summed E-state index contributed by atoms with van der Waals surface area (Å²) < 4.78 is 34.8. The molecule has 2 aliphatic rings. The number of fused-ring (bicyclic) bond motifs is 1. The number of hydrogen-bond acceptors (Lipinski definition) is 4. The summed E-state index contributed by atoms with van der Waals surface area (Å²) in [7, 11) is 0. The van der Waals surface area contributed by atoms with E-state index in [1.165, 1.54) is 0 Å². The molecule has 0 radical (unpaired) electrons. The number of halogens is 2. The van der Waals surface area contributed by atoms with Gasteiger partial charge in [-0.15, -0.1) is 0 Å². The van der Waals surface area contributed by atoms with Gasteiger partial charge < -0.3 is 14.9 Å². The number of carboxylic acids is 1. The average Bonchev–Trinajstić information content (AvgIpc) is 2.91. The standard InChI is InChI=1S/C21H34F2O5/c1-3-14(2)13-20(22,23)21(27)11-10-16-15(17(24)12-18(16)28-21)8-6-4-5-7-9-19(25)26/h14-16,18,27H,3-13H2,1-2H3,(H,25,26)/t14-,15?,16+,18?,21+/m0/s1. The summed E-state index contributed by atoms with van der Waals surface area (Å²) in [5, 5.41) is 19.2. The van der Waals surface area contributed by atoms with Gasteiger partial charge in [-0.05, 0) is 31.1 Å². The lowest BCUT2D eigenvalue weighted by Gasteiger charge is -2.44. The number of ketones is 1. The lowest BCUT2D eigenvalue weighted by molar-refractivity contribution is -0.358. The highest BCUT2D eigenvalue weighted by atomic mass is 19.3. The van der Waals surface area contributed by atoms with Crippen LogP contribution in [0, 0.1) is 17.8 Å². The molecule has 0 spiro atoms. The SMILES string of the molecule is CC[C@H](C)CC(F)(F)[C@@]1(O)CC[C@H]2C(CC(=O)C2CCCCCCC(=O)O)O1. The fourth-order valence-electron chi connectivity index (χ4n) is 4.57. The lowest BCUT2D eigenvalue weighted by Crippen LogP contribution is -2.56. The van der Waals surface area contributed by atoms with E-state index in [0.717, 1.165) is 19.3 Å². The molecule has 0 aromatic carbocycles. The van der Waals surface area contributed by atoms with Crippen LogP contribution in [-0.4, -0.2) is 39.8 Å². The van der Waals surface area contributed by atoms with E-state index in [1.54, 1.807) is 6.92 Å². The summed E-state index contributed by atoms with van der Waals surface area (Å²) in [6.07, 6.45) is 3.79. The molecule has 2 unspecified atom stereocenters. The molecular formula is C21H34F2O5. The molecule has 162 valence electrons. The summed E-state index contributed by atoms with van der Waals surface area (Å²) >= 11 is 0. The maximum absolute atomic E-state index is 14.7. The number of carbonyl (C=O) groups is 2. The Morgan fingerprint density at radius 2 is 2.00 bits per heavy atom. The summed E-state index contributed by atoms with van der Waals surface area (Å²) in [5.41, 5.74) is 0. The van der Waals surface area contributed by atoms with Crippen LogP contribution >= 0.6 is 0 Å². The largest absolute Gasteiger partial charge is 0.481 e. The molecule has 0 amide bonds. The molecule has 2 fully saturated rings.